The van der Waals surface area contributed by atoms with Gasteiger partial charge in [0.25, 0.3) is 0 Å². The third-order valence-corrected chi connectivity index (χ3v) is 3.62. The van der Waals surface area contributed by atoms with E-state index >= 15 is 0 Å². The summed E-state index contributed by atoms with van der Waals surface area (Å²) in [7, 11) is 0. The van der Waals surface area contributed by atoms with Gasteiger partial charge >= 0.3 is 11.9 Å². The second kappa shape index (κ2) is 7.58. The number of esters is 2. The monoisotopic (exact) mass is 312 g/mol. The normalized spacial score (nSPS) is 13.0. The summed E-state index contributed by atoms with van der Waals surface area (Å²) in [6, 6.07) is 17.6. The average molecular weight is 312 g/mol. The zero-order chi connectivity index (χ0) is 16.7. The van der Waals surface area contributed by atoms with Crippen molar-refractivity contribution < 1.29 is 19.1 Å². The second-order valence-corrected chi connectivity index (χ2v) is 5.02. The summed E-state index contributed by atoms with van der Waals surface area (Å²) in [4.78, 5) is 25.0. The lowest BCUT2D eigenvalue weighted by Gasteiger charge is -2.30. The summed E-state index contributed by atoms with van der Waals surface area (Å²) >= 11 is 0. The van der Waals surface area contributed by atoms with Crippen LogP contribution >= 0.6 is 0 Å². The molecule has 0 bridgehead atoms. The van der Waals surface area contributed by atoms with E-state index in [4.69, 9.17) is 9.47 Å². The highest BCUT2D eigenvalue weighted by Crippen LogP contribution is 2.32. The lowest BCUT2D eigenvalue weighted by molar-refractivity contribution is -0.167. The van der Waals surface area contributed by atoms with Gasteiger partial charge in [0.15, 0.2) is 0 Å². The van der Waals surface area contributed by atoms with E-state index in [-0.39, 0.29) is 13.0 Å². The van der Waals surface area contributed by atoms with Crippen molar-refractivity contribution in [1.29, 1.82) is 0 Å². The van der Waals surface area contributed by atoms with E-state index in [1.165, 1.54) is 0 Å². The van der Waals surface area contributed by atoms with Crippen molar-refractivity contribution >= 4 is 11.9 Å². The molecule has 0 radical (unpaired) electrons. The Labute approximate surface area is 136 Å². The van der Waals surface area contributed by atoms with Crippen molar-refractivity contribution in [3.8, 4) is 0 Å². The van der Waals surface area contributed by atoms with Gasteiger partial charge in [-0.1, -0.05) is 55.5 Å². The predicted molar refractivity (Wildman–Crippen MR) is 86.9 cm³/mol. The third-order valence-electron chi connectivity index (χ3n) is 3.62. The molecule has 2 aromatic rings. The van der Waals surface area contributed by atoms with Crippen LogP contribution in [0.25, 0.3) is 0 Å². The first-order valence-electron chi connectivity index (χ1n) is 7.65. The summed E-state index contributed by atoms with van der Waals surface area (Å²) in [6.45, 7) is 3.74. The molecule has 0 saturated carbocycles. The summed E-state index contributed by atoms with van der Waals surface area (Å²) in [6.07, 6.45) is 0.286. The quantitative estimate of drug-likeness (QED) is 0.763. The van der Waals surface area contributed by atoms with Crippen LogP contribution in [0.3, 0.4) is 0 Å². The standard InChI is InChI=1S/C19H20O4/c1-3-19(18(21)22-4-2,16-13-9-6-10-14-16)23-17(20)15-11-7-5-8-12-15/h5-14H,3-4H2,1-2H3/t19-/m1/s1. The number of carbonyl (C=O) groups is 2. The smallest absolute Gasteiger partial charge is 0.355 e. The van der Waals surface area contributed by atoms with Gasteiger partial charge in [0.05, 0.1) is 12.2 Å². The maximum Gasteiger partial charge on any atom is 0.355 e. The molecule has 0 saturated heterocycles. The fourth-order valence-electron chi connectivity index (χ4n) is 2.39. The zero-order valence-corrected chi connectivity index (χ0v) is 13.3. The SMILES string of the molecule is CCOC(=O)[C@](CC)(OC(=O)c1ccccc1)c1ccccc1. The average Bonchev–Trinajstić information content (AvgIpc) is 2.61. The van der Waals surface area contributed by atoms with E-state index in [0.29, 0.717) is 11.1 Å². The van der Waals surface area contributed by atoms with Crippen molar-refractivity contribution in [2.75, 3.05) is 6.61 Å². The lowest BCUT2D eigenvalue weighted by Crippen LogP contribution is -2.41. The van der Waals surface area contributed by atoms with Gasteiger partial charge in [-0.15, -0.1) is 0 Å². The van der Waals surface area contributed by atoms with Gasteiger partial charge in [-0.05, 0) is 25.5 Å². The van der Waals surface area contributed by atoms with Gasteiger partial charge in [0.2, 0.25) is 5.60 Å². The number of rotatable bonds is 6. The Balaban J connectivity index is 2.41. The van der Waals surface area contributed by atoms with Crippen molar-refractivity contribution in [2.45, 2.75) is 25.9 Å². The fraction of sp³-hybridized carbons (Fsp3) is 0.263. The van der Waals surface area contributed by atoms with Crippen molar-refractivity contribution in [1.82, 2.24) is 0 Å². The van der Waals surface area contributed by atoms with Gasteiger partial charge in [-0.25, -0.2) is 9.59 Å². The zero-order valence-electron chi connectivity index (χ0n) is 13.3. The van der Waals surface area contributed by atoms with E-state index in [1.54, 1.807) is 62.4 Å². The molecule has 0 spiro atoms. The van der Waals surface area contributed by atoms with Crippen LogP contribution in [-0.2, 0) is 19.9 Å². The molecule has 0 unspecified atom stereocenters. The molecule has 0 heterocycles. The molecule has 0 N–H and O–H groups in total. The molecule has 4 nitrogen and oxygen atoms in total. The molecule has 0 aliphatic carbocycles. The number of hydrogen-bond acceptors (Lipinski definition) is 4. The van der Waals surface area contributed by atoms with Gasteiger partial charge in [-0.2, -0.15) is 0 Å². The molecule has 0 aliphatic heterocycles. The molecular weight excluding hydrogens is 292 g/mol. The molecule has 120 valence electrons. The van der Waals surface area contributed by atoms with Crippen LogP contribution in [0, 0.1) is 0 Å². The predicted octanol–water partition coefficient (Wildman–Crippen LogP) is 3.71. The minimum atomic E-state index is -1.44. The van der Waals surface area contributed by atoms with Crippen LogP contribution in [-0.4, -0.2) is 18.5 Å². The molecule has 2 rings (SSSR count). The molecular formula is C19H20O4. The van der Waals surface area contributed by atoms with E-state index in [1.807, 2.05) is 12.1 Å². The number of carbonyl (C=O) groups excluding carboxylic acids is 2. The molecule has 23 heavy (non-hydrogen) atoms. The lowest BCUT2D eigenvalue weighted by atomic mass is 9.90. The van der Waals surface area contributed by atoms with Gasteiger partial charge in [0, 0.05) is 5.56 Å². The van der Waals surface area contributed by atoms with E-state index < -0.39 is 17.5 Å². The van der Waals surface area contributed by atoms with E-state index in [2.05, 4.69) is 0 Å². The first-order chi connectivity index (χ1) is 11.1. The number of ether oxygens (including phenoxy) is 2. The first kappa shape index (κ1) is 16.7. The topological polar surface area (TPSA) is 52.6 Å². The highest BCUT2D eigenvalue weighted by Gasteiger charge is 2.44. The Kier molecular flexibility index (Phi) is 5.52. The van der Waals surface area contributed by atoms with Crippen molar-refractivity contribution in [3.05, 3.63) is 71.8 Å². The third kappa shape index (κ3) is 3.59. The molecule has 1 atom stereocenters. The summed E-state index contributed by atoms with van der Waals surface area (Å²) in [5.74, 6) is -1.11. The van der Waals surface area contributed by atoms with Crippen LogP contribution < -0.4 is 0 Å². The van der Waals surface area contributed by atoms with Gasteiger partial charge < -0.3 is 9.47 Å². The minimum absolute atomic E-state index is 0.219. The maximum absolute atomic E-state index is 12.6. The van der Waals surface area contributed by atoms with Crippen LogP contribution in [0.2, 0.25) is 0 Å². The van der Waals surface area contributed by atoms with Gasteiger partial charge in [-0.3, -0.25) is 0 Å². The van der Waals surface area contributed by atoms with E-state index in [9.17, 15) is 9.59 Å². The minimum Gasteiger partial charge on any atom is -0.463 e. The molecule has 0 aliphatic rings. The Morgan fingerprint density at radius 2 is 1.48 bits per heavy atom. The fourth-order valence-corrected chi connectivity index (χ4v) is 2.39. The summed E-state index contributed by atoms with van der Waals surface area (Å²) in [5, 5.41) is 0. The Morgan fingerprint density at radius 3 is 2.00 bits per heavy atom. The molecule has 0 amide bonds. The Bertz CT molecular complexity index is 652. The molecule has 2 aromatic carbocycles. The van der Waals surface area contributed by atoms with Crippen molar-refractivity contribution in [3.63, 3.8) is 0 Å². The van der Waals surface area contributed by atoms with E-state index in [0.717, 1.165) is 0 Å². The Morgan fingerprint density at radius 1 is 0.913 bits per heavy atom. The van der Waals surface area contributed by atoms with Gasteiger partial charge in [0.1, 0.15) is 0 Å². The Hall–Kier alpha value is -2.62. The highest BCUT2D eigenvalue weighted by atomic mass is 16.6. The summed E-state index contributed by atoms with van der Waals surface area (Å²) < 4.78 is 10.8. The molecule has 0 aromatic heterocycles. The number of hydrogen-bond donors (Lipinski definition) is 0. The van der Waals surface area contributed by atoms with Crippen LogP contribution in [0.5, 0.6) is 0 Å². The number of benzene rings is 2. The van der Waals surface area contributed by atoms with Crippen molar-refractivity contribution in [2.24, 2.45) is 0 Å². The molecule has 4 heteroatoms. The first-order valence-corrected chi connectivity index (χ1v) is 7.65. The second-order valence-electron chi connectivity index (χ2n) is 5.02. The largest absolute Gasteiger partial charge is 0.463 e. The summed E-state index contributed by atoms with van der Waals surface area (Å²) in [5.41, 5.74) is -0.444. The molecule has 0 fully saturated rings. The van der Waals surface area contributed by atoms with Crippen LogP contribution in [0.1, 0.15) is 36.2 Å². The highest BCUT2D eigenvalue weighted by molar-refractivity contribution is 5.93. The van der Waals surface area contributed by atoms with Crippen LogP contribution in [0.15, 0.2) is 60.7 Å². The van der Waals surface area contributed by atoms with Crippen LogP contribution in [0.4, 0.5) is 0 Å². The maximum atomic E-state index is 12.6.